The van der Waals surface area contributed by atoms with Gasteiger partial charge in [0.25, 0.3) is 0 Å². The summed E-state index contributed by atoms with van der Waals surface area (Å²) in [6.07, 6.45) is 0.320. The predicted octanol–water partition coefficient (Wildman–Crippen LogP) is 3.47. The van der Waals surface area contributed by atoms with Crippen molar-refractivity contribution in [2.24, 2.45) is 0 Å². The molecule has 1 atom stereocenters. The number of hydrogen-bond donors (Lipinski definition) is 2. The highest BCUT2D eigenvalue weighted by Gasteiger charge is 2.15. The Morgan fingerprint density at radius 3 is 2.52 bits per heavy atom. The number of hydrogen-bond acceptors (Lipinski definition) is 3. The van der Waals surface area contributed by atoms with Crippen molar-refractivity contribution in [2.75, 3.05) is 10.6 Å². The van der Waals surface area contributed by atoms with Crippen LogP contribution in [0.25, 0.3) is 0 Å². The van der Waals surface area contributed by atoms with E-state index in [1.807, 2.05) is 0 Å². The molecule has 6 heteroatoms. The van der Waals surface area contributed by atoms with Gasteiger partial charge in [-0.25, -0.2) is 8.78 Å². The minimum absolute atomic E-state index is 0.0746. The fourth-order valence-corrected chi connectivity index (χ4v) is 1.96. The highest BCUT2D eigenvalue weighted by Crippen LogP contribution is 2.16. The monoisotopic (exact) mass is 315 g/mol. The van der Waals surface area contributed by atoms with Crippen molar-refractivity contribution in [3.05, 3.63) is 59.7 Å². The van der Waals surface area contributed by atoms with Gasteiger partial charge < -0.3 is 10.6 Å². The van der Waals surface area contributed by atoms with E-state index in [1.54, 1.807) is 31.2 Å². The number of nitrogens with one attached hydrogen (secondary N) is 2. The van der Waals surface area contributed by atoms with Crippen LogP contribution in [0, 0.1) is 23.0 Å². The first-order chi connectivity index (χ1) is 11.0. The van der Waals surface area contributed by atoms with Crippen LogP contribution in [0.4, 0.5) is 20.2 Å². The lowest BCUT2D eigenvalue weighted by Gasteiger charge is -2.16. The fraction of sp³-hybridized carbons (Fsp3) is 0.176. The number of rotatable bonds is 5. The summed E-state index contributed by atoms with van der Waals surface area (Å²) >= 11 is 0. The summed E-state index contributed by atoms with van der Waals surface area (Å²) in [5, 5.41) is 14.0. The van der Waals surface area contributed by atoms with Crippen molar-refractivity contribution in [1.82, 2.24) is 0 Å². The van der Waals surface area contributed by atoms with Gasteiger partial charge in [-0.05, 0) is 36.8 Å². The maximum Gasteiger partial charge on any atom is 0.246 e. The first-order valence-corrected chi connectivity index (χ1v) is 6.98. The van der Waals surface area contributed by atoms with Crippen LogP contribution in [0.2, 0.25) is 0 Å². The highest BCUT2D eigenvalue weighted by molar-refractivity contribution is 5.96. The molecule has 2 aromatic rings. The molecular weight excluding hydrogens is 300 g/mol. The predicted molar refractivity (Wildman–Crippen MR) is 83.8 cm³/mol. The molecule has 0 saturated carbocycles. The first-order valence-electron chi connectivity index (χ1n) is 6.98. The van der Waals surface area contributed by atoms with E-state index in [2.05, 4.69) is 16.7 Å². The average molecular weight is 315 g/mol. The summed E-state index contributed by atoms with van der Waals surface area (Å²) in [6, 6.07) is 11.5. The standard InChI is InChI=1S/C17H15F2N3O/c1-11(21-14-5-2-12(3-6-14)8-9-20)17(23)22-16-7-4-13(18)10-15(16)19/h2-7,10-11,21H,8H2,1H3,(H,22,23). The molecule has 4 nitrogen and oxygen atoms in total. The van der Waals surface area contributed by atoms with E-state index < -0.39 is 23.6 Å². The Kier molecular flexibility index (Phi) is 5.26. The fourth-order valence-electron chi connectivity index (χ4n) is 1.96. The molecule has 0 aliphatic heterocycles. The van der Waals surface area contributed by atoms with Gasteiger partial charge >= 0.3 is 0 Å². The lowest BCUT2D eigenvalue weighted by molar-refractivity contribution is -0.116. The molecule has 1 amide bonds. The smallest absolute Gasteiger partial charge is 0.246 e. The zero-order chi connectivity index (χ0) is 16.8. The topological polar surface area (TPSA) is 64.9 Å². The maximum atomic E-state index is 13.5. The molecule has 2 aromatic carbocycles. The molecule has 0 bridgehead atoms. The molecule has 23 heavy (non-hydrogen) atoms. The third kappa shape index (κ3) is 4.51. The van der Waals surface area contributed by atoms with Crippen LogP contribution < -0.4 is 10.6 Å². The summed E-state index contributed by atoms with van der Waals surface area (Å²) in [6.45, 7) is 1.62. The minimum atomic E-state index is -0.827. The van der Waals surface area contributed by atoms with Gasteiger partial charge in [-0.1, -0.05) is 12.1 Å². The number of nitrogens with zero attached hydrogens (tertiary/aromatic N) is 1. The molecule has 0 fully saturated rings. The molecule has 0 aliphatic rings. The van der Waals surface area contributed by atoms with Gasteiger partial charge in [0.1, 0.15) is 17.7 Å². The number of carbonyl (C=O) groups excluding carboxylic acids is 1. The Bertz CT molecular complexity index is 738. The molecule has 118 valence electrons. The highest BCUT2D eigenvalue weighted by atomic mass is 19.1. The third-order valence-electron chi connectivity index (χ3n) is 3.20. The maximum absolute atomic E-state index is 13.5. The van der Waals surface area contributed by atoms with Crippen molar-refractivity contribution in [3.8, 4) is 6.07 Å². The zero-order valence-electron chi connectivity index (χ0n) is 12.4. The normalized spacial score (nSPS) is 11.4. The van der Waals surface area contributed by atoms with Gasteiger partial charge in [0.05, 0.1) is 18.2 Å². The van der Waals surface area contributed by atoms with E-state index in [9.17, 15) is 13.6 Å². The molecule has 1 unspecified atom stereocenters. The number of benzene rings is 2. The van der Waals surface area contributed by atoms with Gasteiger partial charge in [0, 0.05) is 11.8 Å². The van der Waals surface area contributed by atoms with Gasteiger partial charge in [-0.3, -0.25) is 4.79 Å². The molecule has 0 radical (unpaired) electrons. The Hall–Kier alpha value is -2.94. The molecular formula is C17H15F2N3O. The summed E-state index contributed by atoms with van der Waals surface area (Å²) in [5.41, 5.74) is 1.51. The lowest BCUT2D eigenvalue weighted by atomic mass is 10.1. The minimum Gasteiger partial charge on any atom is -0.374 e. The van der Waals surface area contributed by atoms with Crippen LogP contribution in [0.5, 0.6) is 0 Å². The number of halogens is 2. The van der Waals surface area contributed by atoms with Crippen LogP contribution in [0.15, 0.2) is 42.5 Å². The second-order valence-corrected chi connectivity index (χ2v) is 5.01. The van der Waals surface area contributed by atoms with E-state index in [0.717, 1.165) is 11.6 Å². The second-order valence-electron chi connectivity index (χ2n) is 5.01. The van der Waals surface area contributed by atoms with Crippen molar-refractivity contribution in [3.63, 3.8) is 0 Å². The summed E-state index contributed by atoms with van der Waals surface area (Å²) in [4.78, 5) is 12.0. The number of nitriles is 1. The lowest BCUT2D eigenvalue weighted by Crippen LogP contribution is -2.32. The molecule has 0 heterocycles. The largest absolute Gasteiger partial charge is 0.374 e. The van der Waals surface area contributed by atoms with Crippen LogP contribution in [0.3, 0.4) is 0 Å². The van der Waals surface area contributed by atoms with E-state index >= 15 is 0 Å². The Balaban J connectivity index is 1.98. The molecule has 2 N–H and O–H groups in total. The second kappa shape index (κ2) is 7.36. The van der Waals surface area contributed by atoms with E-state index in [0.29, 0.717) is 18.2 Å². The van der Waals surface area contributed by atoms with E-state index in [-0.39, 0.29) is 5.69 Å². The quantitative estimate of drug-likeness (QED) is 0.888. The average Bonchev–Trinajstić information content (AvgIpc) is 2.52. The van der Waals surface area contributed by atoms with Gasteiger partial charge in [0.15, 0.2) is 0 Å². The third-order valence-corrected chi connectivity index (χ3v) is 3.20. The van der Waals surface area contributed by atoms with Gasteiger partial charge in [-0.2, -0.15) is 5.26 Å². The van der Waals surface area contributed by atoms with Crippen molar-refractivity contribution in [2.45, 2.75) is 19.4 Å². The first kappa shape index (κ1) is 16.4. The van der Waals surface area contributed by atoms with Crippen LogP contribution >= 0.6 is 0 Å². The Morgan fingerprint density at radius 2 is 1.91 bits per heavy atom. The molecule has 0 spiro atoms. The van der Waals surface area contributed by atoms with E-state index in [4.69, 9.17) is 5.26 Å². The molecule has 2 rings (SSSR count). The number of anilines is 2. The number of carbonyl (C=O) groups is 1. The molecule has 0 aromatic heterocycles. The van der Waals surface area contributed by atoms with Gasteiger partial charge in [0.2, 0.25) is 5.91 Å². The van der Waals surface area contributed by atoms with Gasteiger partial charge in [-0.15, -0.1) is 0 Å². The van der Waals surface area contributed by atoms with Crippen molar-refractivity contribution < 1.29 is 13.6 Å². The van der Waals surface area contributed by atoms with Crippen LogP contribution in [0.1, 0.15) is 12.5 Å². The summed E-state index contributed by atoms with van der Waals surface area (Å²) < 4.78 is 26.3. The number of amides is 1. The van der Waals surface area contributed by atoms with Crippen LogP contribution in [-0.4, -0.2) is 11.9 Å². The Labute approximate surface area is 132 Å². The molecule has 0 saturated heterocycles. The summed E-state index contributed by atoms with van der Waals surface area (Å²) in [5.74, 6) is -1.98. The van der Waals surface area contributed by atoms with Crippen molar-refractivity contribution >= 4 is 17.3 Å². The molecule has 0 aliphatic carbocycles. The van der Waals surface area contributed by atoms with E-state index in [1.165, 1.54) is 6.07 Å². The zero-order valence-corrected chi connectivity index (χ0v) is 12.4. The Morgan fingerprint density at radius 1 is 1.22 bits per heavy atom. The summed E-state index contributed by atoms with van der Waals surface area (Å²) in [7, 11) is 0. The SMILES string of the molecule is CC(Nc1ccc(CC#N)cc1)C(=O)Nc1ccc(F)cc1F. The van der Waals surface area contributed by atoms with Crippen molar-refractivity contribution in [1.29, 1.82) is 5.26 Å². The van der Waals surface area contributed by atoms with Crippen LogP contribution in [-0.2, 0) is 11.2 Å².